The highest BCUT2D eigenvalue weighted by atomic mass is 32.2. The van der Waals surface area contributed by atoms with Crippen molar-refractivity contribution in [2.24, 2.45) is 0 Å². The summed E-state index contributed by atoms with van der Waals surface area (Å²) in [5, 5.41) is 11.6. The zero-order chi connectivity index (χ0) is 15.2. The number of carboxylic acids is 1. The van der Waals surface area contributed by atoms with Crippen molar-refractivity contribution in [3.63, 3.8) is 0 Å². The number of benzene rings is 1. The van der Waals surface area contributed by atoms with Crippen molar-refractivity contribution in [3.05, 3.63) is 59.4 Å². The summed E-state index contributed by atoms with van der Waals surface area (Å²) >= 11 is 1.68. The molecule has 6 heteroatoms. The minimum absolute atomic E-state index is 0.0314. The number of carbonyl (C=O) groups excluding carboxylic acids is 1. The Balaban J connectivity index is 2.16. The summed E-state index contributed by atoms with van der Waals surface area (Å²) in [4.78, 5) is 26.8. The van der Waals surface area contributed by atoms with Gasteiger partial charge in [-0.2, -0.15) is 11.8 Å². The van der Waals surface area contributed by atoms with Crippen LogP contribution in [0.1, 0.15) is 26.3 Å². The first-order valence-corrected chi connectivity index (χ1v) is 7.57. The van der Waals surface area contributed by atoms with Crippen LogP contribution in [0.2, 0.25) is 0 Å². The Hall–Kier alpha value is -2.34. The second kappa shape index (κ2) is 6.90. The molecule has 0 fully saturated rings. The maximum absolute atomic E-state index is 12.2. The number of aromatic nitrogens is 1. The highest BCUT2D eigenvalue weighted by Gasteiger charge is 2.09. The summed E-state index contributed by atoms with van der Waals surface area (Å²) in [6.45, 7) is 0. The van der Waals surface area contributed by atoms with Gasteiger partial charge in [0.25, 0.3) is 5.91 Å². The Bertz CT molecular complexity index is 673. The molecule has 21 heavy (non-hydrogen) atoms. The van der Waals surface area contributed by atoms with E-state index < -0.39 is 5.97 Å². The van der Waals surface area contributed by atoms with Gasteiger partial charge in [0, 0.05) is 17.5 Å². The normalized spacial score (nSPS) is 10.1. The average Bonchev–Trinajstić information content (AvgIpc) is 2.48. The third kappa shape index (κ3) is 4.06. The van der Waals surface area contributed by atoms with E-state index in [4.69, 9.17) is 5.11 Å². The number of thioether (sulfide) groups is 1. The van der Waals surface area contributed by atoms with Gasteiger partial charge in [-0.3, -0.25) is 9.78 Å². The smallest absolute Gasteiger partial charge is 0.337 e. The van der Waals surface area contributed by atoms with E-state index in [9.17, 15) is 9.59 Å². The molecule has 0 atom stereocenters. The lowest BCUT2D eigenvalue weighted by atomic mass is 10.1. The lowest BCUT2D eigenvalue weighted by Crippen LogP contribution is -2.13. The Morgan fingerprint density at radius 3 is 2.76 bits per heavy atom. The van der Waals surface area contributed by atoms with Gasteiger partial charge in [0.2, 0.25) is 0 Å². The first kappa shape index (κ1) is 15.1. The fraction of sp³-hybridized carbons (Fsp3) is 0.133. The van der Waals surface area contributed by atoms with E-state index in [1.165, 1.54) is 18.5 Å². The molecule has 0 aliphatic heterocycles. The minimum atomic E-state index is -1.08. The van der Waals surface area contributed by atoms with Crippen LogP contribution in [0.3, 0.4) is 0 Å². The summed E-state index contributed by atoms with van der Waals surface area (Å²) in [7, 11) is 0. The van der Waals surface area contributed by atoms with Crippen LogP contribution in [0, 0.1) is 0 Å². The predicted octanol–water partition coefficient (Wildman–Crippen LogP) is 2.90. The predicted molar refractivity (Wildman–Crippen MR) is 82.8 cm³/mol. The Morgan fingerprint density at radius 1 is 1.24 bits per heavy atom. The van der Waals surface area contributed by atoms with Crippen molar-refractivity contribution in [3.8, 4) is 0 Å². The molecular formula is C15H14N2O3S. The van der Waals surface area contributed by atoms with E-state index >= 15 is 0 Å². The van der Waals surface area contributed by atoms with Gasteiger partial charge in [-0.15, -0.1) is 0 Å². The molecule has 5 nitrogen and oxygen atoms in total. The van der Waals surface area contributed by atoms with Crippen molar-refractivity contribution < 1.29 is 14.7 Å². The molecule has 0 spiro atoms. The van der Waals surface area contributed by atoms with Crippen LogP contribution >= 0.6 is 11.8 Å². The molecule has 2 rings (SSSR count). The van der Waals surface area contributed by atoms with Crippen molar-refractivity contribution in [1.82, 2.24) is 4.98 Å². The molecule has 0 aliphatic rings. The van der Waals surface area contributed by atoms with Crippen LogP contribution in [0.15, 0.2) is 42.7 Å². The Morgan fingerprint density at radius 2 is 2.05 bits per heavy atom. The molecule has 108 valence electrons. The molecule has 1 aromatic heterocycles. The summed E-state index contributed by atoms with van der Waals surface area (Å²) in [5.41, 5.74) is 1.98. The van der Waals surface area contributed by atoms with Gasteiger partial charge in [0.1, 0.15) is 0 Å². The number of nitrogens with one attached hydrogen (secondary N) is 1. The lowest BCUT2D eigenvalue weighted by Gasteiger charge is -2.07. The molecule has 1 heterocycles. The van der Waals surface area contributed by atoms with Crippen LogP contribution in [-0.4, -0.2) is 28.2 Å². The van der Waals surface area contributed by atoms with Crippen molar-refractivity contribution in [2.75, 3.05) is 11.6 Å². The minimum Gasteiger partial charge on any atom is -0.478 e. The molecule has 0 saturated carbocycles. The number of carbonyl (C=O) groups is 2. The van der Waals surface area contributed by atoms with Gasteiger partial charge in [-0.1, -0.05) is 12.1 Å². The molecule has 0 unspecified atom stereocenters. The third-order valence-corrected chi connectivity index (χ3v) is 3.37. The summed E-state index contributed by atoms with van der Waals surface area (Å²) in [5.74, 6) is -0.542. The fourth-order valence-corrected chi connectivity index (χ4v) is 2.31. The SMILES string of the molecule is CSCc1cccc(C(=O)Nc2cncc(C(=O)O)c2)c1. The molecule has 2 N–H and O–H groups in total. The number of hydrogen-bond donors (Lipinski definition) is 2. The number of anilines is 1. The van der Waals surface area contributed by atoms with Crippen LogP contribution in [0.5, 0.6) is 0 Å². The maximum Gasteiger partial charge on any atom is 0.337 e. The number of aromatic carboxylic acids is 1. The standard InChI is InChI=1S/C15H14N2O3S/c1-21-9-10-3-2-4-11(5-10)14(18)17-13-6-12(15(19)20)7-16-8-13/h2-8H,9H2,1H3,(H,17,18)(H,19,20). The number of pyridine rings is 1. The molecule has 0 aliphatic carbocycles. The van der Waals surface area contributed by atoms with Crippen LogP contribution in [-0.2, 0) is 5.75 Å². The number of nitrogens with zero attached hydrogens (tertiary/aromatic N) is 1. The highest BCUT2D eigenvalue weighted by Crippen LogP contribution is 2.14. The first-order valence-electron chi connectivity index (χ1n) is 6.17. The number of carboxylic acid groups (broad SMARTS) is 1. The Kier molecular flexibility index (Phi) is 4.94. The number of amides is 1. The monoisotopic (exact) mass is 302 g/mol. The van der Waals surface area contributed by atoms with E-state index in [0.29, 0.717) is 11.3 Å². The maximum atomic E-state index is 12.2. The summed E-state index contributed by atoms with van der Waals surface area (Å²) in [6, 6.07) is 8.69. The van der Waals surface area contributed by atoms with Crippen LogP contribution in [0.4, 0.5) is 5.69 Å². The first-order chi connectivity index (χ1) is 10.1. The summed E-state index contributed by atoms with van der Waals surface area (Å²) < 4.78 is 0. The van der Waals surface area contributed by atoms with E-state index in [-0.39, 0.29) is 11.5 Å². The largest absolute Gasteiger partial charge is 0.478 e. The quantitative estimate of drug-likeness (QED) is 0.887. The fourth-order valence-electron chi connectivity index (χ4n) is 1.80. The van der Waals surface area contributed by atoms with Gasteiger partial charge >= 0.3 is 5.97 Å². The lowest BCUT2D eigenvalue weighted by molar-refractivity contribution is 0.0696. The van der Waals surface area contributed by atoms with E-state index in [1.54, 1.807) is 17.8 Å². The van der Waals surface area contributed by atoms with Gasteiger partial charge in [0.05, 0.1) is 17.4 Å². The molecular weight excluding hydrogens is 288 g/mol. The van der Waals surface area contributed by atoms with E-state index in [0.717, 1.165) is 11.3 Å². The highest BCUT2D eigenvalue weighted by molar-refractivity contribution is 7.97. The Labute approximate surface area is 126 Å². The molecule has 2 aromatic rings. The average molecular weight is 302 g/mol. The third-order valence-electron chi connectivity index (χ3n) is 2.74. The van der Waals surface area contributed by atoms with E-state index in [2.05, 4.69) is 10.3 Å². The van der Waals surface area contributed by atoms with Crippen molar-refractivity contribution >= 4 is 29.3 Å². The molecule has 0 radical (unpaired) electrons. The van der Waals surface area contributed by atoms with Gasteiger partial charge in [-0.05, 0) is 30.0 Å². The second-order valence-electron chi connectivity index (χ2n) is 4.35. The van der Waals surface area contributed by atoms with Gasteiger partial charge in [0.15, 0.2) is 0 Å². The van der Waals surface area contributed by atoms with Crippen molar-refractivity contribution in [2.45, 2.75) is 5.75 Å². The van der Waals surface area contributed by atoms with Crippen LogP contribution < -0.4 is 5.32 Å². The van der Waals surface area contributed by atoms with Crippen LogP contribution in [0.25, 0.3) is 0 Å². The number of hydrogen-bond acceptors (Lipinski definition) is 4. The molecule has 0 saturated heterocycles. The molecule has 1 amide bonds. The zero-order valence-corrected chi connectivity index (χ0v) is 12.2. The zero-order valence-electron chi connectivity index (χ0n) is 11.4. The summed E-state index contributed by atoms with van der Waals surface area (Å²) in [6.07, 6.45) is 4.64. The topological polar surface area (TPSA) is 79.3 Å². The van der Waals surface area contributed by atoms with Crippen molar-refractivity contribution in [1.29, 1.82) is 0 Å². The second-order valence-corrected chi connectivity index (χ2v) is 5.22. The molecule has 0 bridgehead atoms. The van der Waals surface area contributed by atoms with Gasteiger partial charge < -0.3 is 10.4 Å². The number of rotatable bonds is 5. The van der Waals surface area contributed by atoms with Gasteiger partial charge in [-0.25, -0.2) is 4.79 Å². The van der Waals surface area contributed by atoms with E-state index in [1.807, 2.05) is 24.5 Å². The molecule has 1 aromatic carbocycles.